The standard InChI is InChI=1S/C32H29F3N6O3/c1-31(2,3)38-30(43)41-14-13-22-21(18-8-6-9-20(15-18)32(33,34)35)11-12-23(24(22)17-41)29(42)37-28-27(39-44-40-28)26-16-19-7-4-5-10-25(19)36-26/h4-12,15H,13-14,16-17H2,1-3H3,(H,38,43)(H,37,40,42). The van der Waals surface area contributed by atoms with Crippen molar-refractivity contribution in [2.45, 2.75) is 51.9 Å². The van der Waals surface area contributed by atoms with Crippen molar-refractivity contribution in [1.29, 1.82) is 0 Å². The molecular weight excluding hydrogens is 573 g/mol. The zero-order chi connectivity index (χ0) is 31.2. The van der Waals surface area contributed by atoms with Crippen LogP contribution in [0.25, 0.3) is 11.1 Å². The Morgan fingerprint density at radius 1 is 0.955 bits per heavy atom. The Hall–Kier alpha value is -5.00. The number of para-hydroxylation sites is 1. The molecule has 1 aromatic heterocycles. The summed E-state index contributed by atoms with van der Waals surface area (Å²) in [4.78, 5) is 33.1. The van der Waals surface area contributed by atoms with Gasteiger partial charge in [0.1, 0.15) is 0 Å². The molecule has 12 heteroatoms. The van der Waals surface area contributed by atoms with Gasteiger partial charge in [-0.2, -0.15) is 13.2 Å². The molecule has 0 radical (unpaired) electrons. The first kappa shape index (κ1) is 29.1. The van der Waals surface area contributed by atoms with Crippen LogP contribution in [0, 0.1) is 0 Å². The number of carbonyl (C=O) groups excluding carboxylic acids is 2. The van der Waals surface area contributed by atoms with Gasteiger partial charge in [0, 0.05) is 30.6 Å². The lowest BCUT2D eigenvalue weighted by Crippen LogP contribution is -2.50. The van der Waals surface area contributed by atoms with E-state index in [9.17, 15) is 22.8 Å². The first-order valence-corrected chi connectivity index (χ1v) is 14.1. The van der Waals surface area contributed by atoms with E-state index in [4.69, 9.17) is 4.63 Å². The van der Waals surface area contributed by atoms with Crippen LogP contribution in [-0.2, 0) is 25.6 Å². The average Bonchev–Trinajstić information content (AvgIpc) is 3.61. The van der Waals surface area contributed by atoms with Crippen molar-refractivity contribution < 1.29 is 27.4 Å². The van der Waals surface area contributed by atoms with Gasteiger partial charge >= 0.3 is 12.2 Å². The summed E-state index contributed by atoms with van der Waals surface area (Å²) < 4.78 is 45.6. The quantitative estimate of drug-likeness (QED) is 0.275. The minimum absolute atomic E-state index is 0.0821. The van der Waals surface area contributed by atoms with Crippen molar-refractivity contribution in [3.63, 3.8) is 0 Å². The molecule has 0 saturated heterocycles. The molecule has 2 aliphatic heterocycles. The fourth-order valence-electron chi connectivity index (χ4n) is 5.50. The second-order valence-corrected chi connectivity index (χ2v) is 11.8. The number of benzene rings is 3. The highest BCUT2D eigenvalue weighted by Crippen LogP contribution is 2.37. The largest absolute Gasteiger partial charge is 0.416 e. The first-order chi connectivity index (χ1) is 20.9. The minimum Gasteiger partial charge on any atom is -0.333 e. The molecule has 0 fully saturated rings. The average molecular weight is 603 g/mol. The van der Waals surface area contributed by atoms with Crippen molar-refractivity contribution in [2.75, 3.05) is 11.9 Å². The zero-order valence-corrected chi connectivity index (χ0v) is 24.2. The summed E-state index contributed by atoms with van der Waals surface area (Å²) in [6.07, 6.45) is -3.68. The van der Waals surface area contributed by atoms with Crippen LogP contribution in [0.4, 0.5) is 29.5 Å². The number of aliphatic imine (C=N–C) groups is 1. The fourth-order valence-corrected chi connectivity index (χ4v) is 5.50. The van der Waals surface area contributed by atoms with Gasteiger partial charge in [0.05, 0.1) is 17.0 Å². The van der Waals surface area contributed by atoms with Crippen LogP contribution in [-0.4, -0.2) is 44.9 Å². The molecule has 226 valence electrons. The number of fused-ring (bicyclic) bond motifs is 2. The molecule has 2 aliphatic rings. The number of hydrogen-bond acceptors (Lipinski definition) is 6. The van der Waals surface area contributed by atoms with Crippen LogP contribution in [0.2, 0.25) is 0 Å². The molecule has 3 heterocycles. The van der Waals surface area contributed by atoms with E-state index in [0.717, 1.165) is 23.4 Å². The minimum atomic E-state index is -4.51. The highest BCUT2D eigenvalue weighted by molar-refractivity contribution is 6.12. The molecule has 0 atom stereocenters. The first-order valence-electron chi connectivity index (χ1n) is 14.1. The maximum atomic E-state index is 13.8. The van der Waals surface area contributed by atoms with Gasteiger partial charge in [0.2, 0.25) is 5.82 Å². The summed E-state index contributed by atoms with van der Waals surface area (Å²) in [6.45, 7) is 6.00. The number of amides is 3. The zero-order valence-electron chi connectivity index (χ0n) is 24.2. The van der Waals surface area contributed by atoms with Gasteiger partial charge in [-0.3, -0.25) is 9.79 Å². The van der Waals surface area contributed by atoms with E-state index in [1.165, 1.54) is 6.07 Å². The van der Waals surface area contributed by atoms with E-state index < -0.39 is 23.2 Å². The van der Waals surface area contributed by atoms with Crippen LogP contribution in [0.5, 0.6) is 0 Å². The molecular formula is C32H29F3N6O3. The van der Waals surface area contributed by atoms with E-state index in [1.54, 1.807) is 23.1 Å². The molecule has 2 N–H and O–H groups in total. The smallest absolute Gasteiger partial charge is 0.333 e. The van der Waals surface area contributed by atoms with Crippen molar-refractivity contribution in [1.82, 2.24) is 20.5 Å². The number of urea groups is 1. The van der Waals surface area contributed by atoms with E-state index in [1.807, 2.05) is 45.0 Å². The monoisotopic (exact) mass is 602 g/mol. The summed E-state index contributed by atoms with van der Waals surface area (Å²) in [6, 6.07) is 15.6. The molecule has 44 heavy (non-hydrogen) atoms. The Labute approximate surface area is 251 Å². The van der Waals surface area contributed by atoms with E-state index in [2.05, 4.69) is 25.9 Å². The highest BCUT2D eigenvalue weighted by atomic mass is 19.4. The number of alkyl halides is 3. The third-order valence-electron chi connectivity index (χ3n) is 7.53. The normalized spacial score (nSPS) is 14.5. The van der Waals surface area contributed by atoms with Crippen molar-refractivity contribution in [3.8, 4) is 11.1 Å². The van der Waals surface area contributed by atoms with Crippen LogP contribution in [0.3, 0.4) is 0 Å². The number of nitrogens with zero attached hydrogens (tertiary/aromatic N) is 4. The topological polar surface area (TPSA) is 113 Å². The van der Waals surface area contributed by atoms with E-state index in [0.29, 0.717) is 53.0 Å². The number of halogens is 3. The predicted octanol–water partition coefficient (Wildman–Crippen LogP) is 6.55. The molecule has 3 amide bonds. The molecule has 9 nitrogen and oxygen atoms in total. The molecule has 0 unspecified atom stereocenters. The molecule has 0 saturated carbocycles. The number of carbonyl (C=O) groups is 2. The van der Waals surface area contributed by atoms with Crippen molar-refractivity contribution in [2.24, 2.45) is 4.99 Å². The van der Waals surface area contributed by atoms with E-state index in [-0.39, 0.29) is 24.0 Å². The molecule has 0 spiro atoms. The molecule has 0 bridgehead atoms. The predicted molar refractivity (Wildman–Crippen MR) is 158 cm³/mol. The van der Waals surface area contributed by atoms with Crippen LogP contribution in [0.15, 0.2) is 70.3 Å². The number of nitrogens with one attached hydrogen (secondary N) is 2. The Morgan fingerprint density at radius 2 is 1.75 bits per heavy atom. The third-order valence-corrected chi connectivity index (χ3v) is 7.53. The van der Waals surface area contributed by atoms with Crippen LogP contribution in [0.1, 0.15) is 59.1 Å². The van der Waals surface area contributed by atoms with Crippen LogP contribution < -0.4 is 10.6 Å². The maximum absolute atomic E-state index is 13.8. The second-order valence-electron chi connectivity index (χ2n) is 11.8. The van der Waals surface area contributed by atoms with Gasteiger partial charge < -0.3 is 15.5 Å². The van der Waals surface area contributed by atoms with Gasteiger partial charge in [0.15, 0.2) is 5.69 Å². The lowest BCUT2D eigenvalue weighted by molar-refractivity contribution is -0.137. The Balaban J connectivity index is 1.35. The fraction of sp³-hybridized carbons (Fsp3) is 0.281. The molecule has 4 aromatic rings. The van der Waals surface area contributed by atoms with Gasteiger partial charge in [-0.05, 0) is 89.6 Å². The van der Waals surface area contributed by atoms with Crippen molar-refractivity contribution in [3.05, 3.63) is 94.2 Å². The summed E-state index contributed by atoms with van der Waals surface area (Å²) in [5.74, 6) is -0.432. The summed E-state index contributed by atoms with van der Waals surface area (Å²) in [5, 5.41) is 13.6. The summed E-state index contributed by atoms with van der Waals surface area (Å²) in [7, 11) is 0. The van der Waals surface area contributed by atoms with E-state index >= 15 is 0 Å². The molecule has 6 rings (SSSR count). The molecule has 3 aromatic carbocycles. The number of hydrogen-bond donors (Lipinski definition) is 2. The second kappa shape index (κ2) is 10.9. The summed E-state index contributed by atoms with van der Waals surface area (Å²) >= 11 is 0. The summed E-state index contributed by atoms with van der Waals surface area (Å²) in [5.41, 5.74) is 3.89. The highest BCUT2D eigenvalue weighted by Gasteiger charge is 2.33. The number of aromatic nitrogens is 2. The third kappa shape index (κ3) is 5.79. The lowest BCUT2D eigenvalue weighted by Gasteiger charge is -2.34. The SMILES string of the molecule is CC(C)(C)NC(=O)N1CCc2c(-c3cccc(C(F)(F)F)c3)ccc(C(=O)Nc3nonc3C3=Nc4ccccc4C3)c2C1. The maximum Gasteiger partial charge on any atom is 0.416 e. The van der Waals surface area contributed by atoms with Crippen molar-refractivity contribution >= 4 is 29.2 Å². The van der Waals surface area contributed by atoms with Gasteiger partial charge in [-0.15, -0.1) is 0 Å². The number of anilines is 1. The van der Waals surface area contributed by atoms with Crippen LogP contribution >= 0.6 is 0 Å². The Kier molecular flexibility index (Phi) is 7.22. The van der Waals surface area contributed by atoms with Gasteiger partial charge in [0.25, 0.3) is 5.91 Å². The Morgan fingerprint density at radius 3 is 2.50 bits per heavy atom. The Bertz CT molecular complexity index is 1810. The van der Waals surface area contributed by atoms with Gasteiger partial charge in [-0.25, -0.2) is 9.42 Å². The lowest BCUT2D eigenvalue weighted by atomic mass is 9.87. The number of rotatable bonds is 4. The van der Waals surface area contributed by atoms with Gasteiger partial charge in [-0.1, -0.05) is 36.4 Å². The molecule has 0 aliphatic carbocycles.